The molecular formula is C32H25FO4S. The highest BCUT2D eigenvalue weighted by atomic mass is 32.2. The molecule has 0 heterocycles. The number of hydrogen-bond acceptors (Lipinski definition) is 4. The summed E-state index contributed by atoms with van der Waals surface area (Å²) in [6, 6.07) is 33.3. The minimum atomic E-state index is -4.84. The van der Waals surface area contributed by atoms with Crippen molar-refractivity contribution in [3.05, 3.63) is 132 Å². The Labute approximate surface area is 220 Å². The molecule has 5 rings (SSSR count). The maximum atomic E-state index is 17.2. The van der Waals surface area contributed by atoms with Crippen LogP contribution in [0, 0.1) is 0 Å². The Morgan fingerprint density at radius 3 is 1.95 bits per heavy atom. The first-order valence-corrected chi connectivity index (χ1v) is 13.6. The molecular weight excluding hydrogens is 499 g/mol. The van der Waals surface area contributed by atoms with Crippen LogP contribution in [0.15, 0.2) is 126 Å². The van der Waals surface area contributed by atoms with Crippen molar-refractivity contribution in [3.63, 3.8) is 0 Å². The number of carbonyl (C=O) groups excluding carboxylic acids is 1. The fourth-order valence-corrected chi connectivity index (χ4v) is 6.39. The fraction of sp³-hybridized carbons (Fsp3) is 0.0938. The Kier molecular flexibility index (Phi) is 6.83. The van der Waals surface area contributed by atoms with Gasteiger partial charge in [0.1, 0.15) is 0 Å². The molecule has 0 aromatic heterocycles. The van der Waals surface area contributed by atoms with Gasteiger partial charge < -0.3 is 4.74 Å². The molecule has 38 heavy (non-hydrogen) atoms. The van der Waals surface area contributed by atoms with Gasteiger partial charge in [-0.15, -0.1) is 0 Å². The van der Waals surface area contributed by atoms with Crippen molar-refractivity contribution in [3.8, 4) is 0 Å². The molecule has 190 valence electrons. The van der Waals surface area contributed by atoms with E-state index in [9.17, 15) is 13.2 Å². The minimum absolute atomic E-state index is 0.308. The summed E-state index contributed by atoms with van der Waals surface area (Å²) in [5.41, 5.74) is 1.06. The van der Waals surface area contributed by atoms with Crippen molar-refractivity contribution in [1.82, 2.24) is 0 Å². The van der Waals surface area contributed by atoms with E-state index >= 15 is 4.39 Å². The molecule has 6 heteroatoms. The molecule has 4 nitrogen and oxygen atoms in total. The largest absolute Gasteiger partial charge is 0.466 e. The topological polar surface area (TPSA) is 60.4 Å². The zero-order chi connectivity index (χ0) is 26.8. The molecule has 0 spiro atoms. The third kappa shape index (κ3) is 4.48. The first kappa shape index (κ1) is 25.4. The number of methoxy groups -OCH3 is 1. The van der Waals surface area contributed by atoms with E-state index in [1.54, 1.807) is 30.3 Å². The van der Waals surface area contributed by atoms with Crippen LogP contribution in [0.2, 0.25) is 0 Å². The SMILES string of the molecule is COC(=O)[C@](F)([C@H](C=Cc1ccc2ccccc2c1)c1ccc2ccccc2c1)S(=O)(=O)c1ccccc1. The summed E-state index contributed by atoms with van der Waals surface area (Å²) < 4.78 is 49.7. The molecule has 0 aliphatic heterocycles. The van der Waals surface area contributed by atoms with E-state index in [2.05, 4.69) is 0 Å². The summed E-state index contributed by atoms with van der Waals surface area (Å²) in [5.74, 6) is -2.99. The summed E-state index contributed by atoms with van der Waals surface area (Å²) in [6.45, 7) is 0. The third-order valence-electron chi connectivity index (χ3n) is 6.70. The molecule has 0 aliphatic rings. The first-order valence-electron chi connectivity index (χ1n) is 12.1. The number of alkyl halides is 1. The highest BCUT2D eigenvalue weighted by molar-refractivity contribution is 7.93. The van der Waals surface area contributed by atoms with Crippen LogP contribution < -0.4 is 0 Å². The number of esters is 1. The number of allylic oxidation sites excluding steroid dienone is 1. The van der Waals surface area contributed by atoms with Crippen molar-refractivity contribution in [1.29, 1.82) is 0 Å². The van der Waals surface area contributed by atoms with Crippen LogP contribution in [-0.4, -0.2) is 26.5 Å². The number of fused-ring (bicyclic) bond motifs is 2. The van der Waals surface area contributed by atoms with Crippen molar-refractivity contribution in [2.75, 3.05) is 7.11 Å². The predicted octanol–water partition coefficient (Wildman–Crippen LogP) is 7.10. The first-order chi connectivity index (χ1) is 18.3. The molecule has 0 unspecified atom stereocenters. The zero-order valence-electron chi connectivity index (χ0n) is 20.6. The maximum absolute atomic E-state index is 17.2. The van der Waals surface area contributed by atoms with Crippen LogP contribution in [0.5, 0.6) is 0 Å². The van der Waals surface area contributed by atoms with Gasteiger partial charge in [-0.05, 0) is 50.9 Å². The molecule has 0 amide bonds. The number of halogens is 1. The molecule has 0 N–H and O–H groups in total. The lowest BCUT2D eigenvalue weighted by molar-refractivity contribution is -0.149. The van der Waals surface area contributed by atoms with Gasteiger partial charge in [0, 0.05) is 0 Å². The molecule has 0 saturated carbocycles. The second-order valence-corrected chi connectivity index (χ2v) is 11.1. The fourth-order valence-electron chi connectivity index (χ4n) is 4.68. The number of ether oxygens (including phenoxy) is 1. The second kappa shape index (κ2) is 10.2. The summed E-state index contributed by atoms with van der Waals surface area (Å²) >= 11 is 0. The van der Waals surface area contributed by atoms with Gasteiger partial charge >= 0.3 is 11.0 Å². The van der Waals surface area contributed by atoms with Gasteiger partial charge in [0.15, 0.2) is 0 Å². The Balaban J connectivity index is 1.72. The van der Waals surface area contributed by atoms with Crippen LogP contribution in [0.4, 0.5) is 4.39 Å². The lowest BCUT2D eigenvalue weighted by atomic mass is 9.90. The zero-order valence-corrected chi connectivity index (χ0v) is 21.4. The van der Waals surface area contributed by atoms with Gasteiger partial charge in [0.05, 0.1) is 17.9 Å². The molecule has 2 atom stereocenters. The van der Waals surface area contributed by atoms with Crippen LogP contribution in [0.1, 0.15) is 17.0 Å². The van der Waals surface area contributed by atoms with Gasteiger partial charge in [-0.25, -0.2) is 17.6 Å². The van der Waals surface area contributed by atoms with E-state index in [-0.39, 0.29) is 4.90 Å². The minimum Gasteiger partial charge on any atom is -0.466 e. The molecule has 0 aliphatic carbocycles. The summed E-state index contributed by atoms with van der Waals surface area (Å²) in [4.78, 5) is 12.8. The van der Waals surface area contributed by atoms with Crippen molar-refractivity contribution < 1.29 is 22.3 Å². The average molecular weight is 525 g/mol. The molecule has 5 aromatic rings. The standard InChI is InChI=1S/C32H25FO4S/c1-37-31(34)32(33,38(35,36)29-13-3-2-4-14-29)30(28-19-18-25-10-6-8-12-27(25)22-28)20-16-23-15-17-24-9-5-7-11-26(24)21-23/h2-22,30H,1H3/t30-,32+/m1/s1. The van der Waals surface area contributed by atoms with Crippen LogP contribution in [-0.2, 0) is 19.4 Å². The van der Waals surface area contributed by atoms with Gasteiger partial charge in [0.2, 0.25) is 9.84 Å². The summed E-state index contributed by atoms with van der Waals surface area (Å²) in [6.07, 6.45) is 3.08. The van der Waals surface area contributed by atoms with Gasteiger partial charge in [0.25, 0.3) is 0 Å². The lowest BCUT2D eigenvalue weighted by Gasteiger charge is -2.30. The normalized spacial score (nSPS) is 14.4. The van der Waals surface area contributed by atoms with Gasteiger partial charge in [-0.3, -0.25) is 0 Å². The number of sulfone groups is 1. The average Bonchev–Trinajstić information content (AvgIpc) is 2.96. The Bertz CT molecular complexity index is 1760. The van der Waals surface area contributed by atoms with Crippen molar-refractivity contribution in [2.45, 2.75) is 15.8 Å². The molecule has 0 fully saturated rings. The number of hydrogen-bond donors (Lipinski definition) is 0. The molecule has 5 aromatic carbocycles. The highest BCUT2D eigenvalue weighted by Gasteiger charge is 2.59. The maximum Gasteiger partial charge on any atom is 0.361 e. The summed E-state index contributed by atoms with van der Waals surface area (Å²) in [7, 11) is -3.86. The van der Waals surface area contributed by atoms with E-state index in [0.717, 1.165) is 34.2 Å². The van der Waals surface area contributed by atoms with E-state index in [1.807, 2.05) is 66.7 Å². The number of rotatable bonds is 7. The molecule has 0 radical (unpaired) electrons. The second-order valence-electron chi connectivity index (χ2n) is 9.00. The van der Waals surface area contributed by atoms with Crippen LogP contribution in [0.25, 0.3) is 27.6 Å². The Hall–Kier alpha value is -4.29. The van der Waals surface area contributed by atoms with E-state index < -0.39 is 26.7 Å². The van der Waals surface area contributed by atoms with E-state index in [0.29, 0.717) is 5.56 Å². The monoisotopic (exact) mass is 524 g/mol. The number of benzene rings is 5. The highest BCUT2D eigenvalue weighted by Crippen LogP contribution is 2.43. The van der Waals surface area contributed by atoms with Crippen LogP contribution in [0.3, 0.4) is 0 Å². The Morgan fingerprint density at radius 2 is 1.32 bits per heavy atom. The van der Waals surface area contributed by atoms with E-state index in [4.69, 9.17) is 4.74 Å². The third-order valence-corrected chi connectivity index (χ3v) is 8.79. The van der Waals surface area contributed by atoms with Crippen molar-refractivity contribution >= 4 is 43.4 Å². The molecule has 0 saturated heterocycles. The van der Waals surface area contributed by atoms with Gasteiger partial charge in [-0.2, -0.15) is 0 Å². The van der Waals surface area contributed by atoms with Crippen LogP contribution >= 0.6 is 0 Å². The predicted molar refractivity (Wildman–Crippen MR) is 149 cm³/mol. The summed E-state index contributed by atoms with van der Waals surface area (Å²) in [5, 5.41) is 0.282. The Morgan fingerprint density at radius 1 is 0.763 bits per heavy atom. The van der Waals surface area contributed by atoms with Crippen molar-refractivity contribution in [2.24, 2.45) is 0 Å². The molecule has 0 bridgehead atoms. The smallest absolute Gasteiger partial charge is 0.361 e. The van der Waals surface area contributed by atoms with Gasteiger partial charge in [-0.1, -0.05) is 109 Å². The quantitative estimate of drug-likeness (QED) is 0.213. The number of carbonyl (C=O) groups is 1. The lowest BCUT2D eigenvalue weighted by Crippen LogP contribution is -2.47. The van der Waals surface area contributed by atoms with E-state index in [1.165, 1.54) is 30.3 Å².